The van der Waals surface area contributed by atoms with Crippen LogP contribution in [0.25, 0.3) is 0 Å². The van der Waals surface area contributed by atoms with E-state index in [1.165, 1.54) is 4.90 Å². The highest BCUT2D eigenvalue weighted by molar-refractivity contribution is 6.47. The zero-order chi connectivity index (χ0) is 17.3. The maximum Gasteiger partial charge on any atom is 0.299 e. The SMILES string of the molecule is CCN(C(=O)C(=O)c1c(C)nn(C)c1C)c1cc(C)cc(C)c1. The van der Waals surface area contributed by atoms with Gasteiger partial charge in [0.15, 0.2) is 0 Å². The van der Waals surface area contributed by atoms with E-state index in [9.17, 15) is 9.59 Å². The van der Waals surface area contributed by atoms with Gasteiger partial charge in [-0.15, -0.1) is 0 Å². The minimum Gasteiger partial charge on any atom is -0.306 e. The van der Waals surface area contributed by atoms with Crippen molar-refractivity contribution in [2.24, 2.45) is 7.05 Å². The van der Waals surface area contributed by atoms with Crippen molar-refractivity contribution in [3.8, 4) is 0 Å². The van der Waals surface area contributed by atoms with Gasteiger partial charge >= 0.3 is 0 Å². The van der Waals surface area contributed by atoms with E-state index in [0.717, 1.165) is 16.8 Å². The van der Waals surface area contributed by atoms with Crippen molar-refractivity contribution in [3.05, 3.63) is 46.3 Å². The van der Waals surface area contributed by atoms with E-state index in [1.807, 2.05) is 39.0 Å². The van der Waals surface area contributed by atoms with Crippen LogP contribution < -0.4 is 4.90 Å². The van der Waals surface area contributed by atoms with Gasteiger partial charge in [0.05, 0.1) is 11.3 Å². The fourth-order valence-corrected chi connectivity index (χ4v) is 2.88. The summed E-state index contributed by atoms with van der Waals surface area (Å²) in [6, 6.07) is 5.88. The highest BCUT2D eigenvalue weighted by Gasteiger charge is 2.28. The Kier molecular flexibility index (Phi) is 4.68. The van der Waals surface area contributed by atoms with Crippen molar-refractivity contribution < 1.29 is 9.59 Å². The van der Waals surface area contributed by atoms with Crippen LogP contribution in [0.1, 0.15) is 39.8 Å². The van der Waals surface area contributed by atoms with Crippen LogP contribution in [0, 0.1) is 27.7 Å². The average molecular weight is 313 g/mol. The number of rotatable bonds is 4. The number of carbonyl (C=O) groups is 2. The lowest BCUT2D eigenvalue weighted by Crippen LogP contribution is -2.37. The lowest BCUT2D eigenvalue weighted by Gasteiger charge is -2.21. The topological polar surface area (TPSA) is 55.2 Å². The molecule has 0 saturated carbocycles. The Morgan fingerprint density at radius 3 is 2.09 bits per heavy atom. The first-order valence-electron chi connectivity index (χ1n) is 7.71. The molecule has 1 aromatic carbocycles. The van der Waals surface area contributed by atoms with Crippen LogP contribution in [0.2, 0.25) is 0 Å². The smallest absolute Gasteiger partial charge is 0.299 e. The lowest BCUT2D eigenvalue weighted by molar-refractivity contribution is -0.114. The molecular formula is C18H23N3O2. The van der Waals surface area contributed by atoms with Gasteiger partial charge in [0.25, 0.3) is 11.7 Å². The van der Waals surface area contributed by atoms with Crippen molar-refractivity contribution in [2.75, 3.05) is 11.4 Å². The molecule has 0 aliphatic carbocycles. The fraction of sp³-hybridized carbons (Fsp3) is 0.389. The summed E-state index contributed by atoms with van der Waals surface area (Å²) in [5.74, 6) is -1.02. The summed E-state index contributed by atoms with van der Waals surface area (Å²) in [5, 5.41) is 4.23. The zero-order valence-corrected chi connectivity index (χ0v) is 14.6. The second kappa shape index (κ2) is 6.36. The number of hydrogen-bond donors (Lipinski definition) is 0. The number of carbonyl (C=O) groups excluding carboxylic acids is 2. The van der Waals surface area contributed by atoms with Gasteiger partial charge in [-0.3, -0.25) is 14.3 Å². The number of aromatic nitrogens is 2. The largest absolute Gasteiger partial charge is 0.306 e. The maximum absolute atomic E-state index is 12.8. The number of Topliss-reactive ketones (excluding diaryl/α,β-unsaturated/α-hetero) is 1. The van der Waals surface area contributed by atoms with Gasteiger partial charge in [0.1, 0.15) is 0 Å². The van der Waals surface area contributed by atoms with Crippen LogP contribution >= 0.6 is 0 Å². The van der Waals surface area contributed by atoms with Crippen LogP contribution in [-0.2, 0) is 11.8 Å². The zero-order valence-electron chi connectivity index (χ0n) is 14.6. The molecular weight excluding hydrogens is 290 g/mol. The van der Waals surface area contributed by atoms with Gasteiger partial charge in [-0.05, 0) is 57.9 Å². The van der Waals surface area contributed by atoms with E-state index in [0.29, 0.717) is 23.5 Å². The van der Waals surface area contributed by atoms with E-state index < -0.39 is 11.7 Å². The number of nitrogens with zero attached hydrogens (tertiary/aromatic N) is 3. The number of amides is 1. The predicted octanol–water partition coefficient (Wildman–Crippen LogP) is 2.89. The molecule has 5 nitrogen and oxygen atoms in total. The standard InChI is InChI=1S/C18H23N3O2/c1-7-21(15-9-11(2)8-12(3)10-15)18(23)17(22)16-13(4)19-20(6)14(16)5/h8-10H,7H2,1-6H3. The quantitative estimate of drug-likeness (QED) is 0.644. The van der Waals surface area contributed by atoms with Crippen molar-refractivity contribution in [3.63, 3.8) is 0 Å². The van der Waals surface area contributed by atoms with Crippen molar-refractivity contribution in [1.29, 1.82) is 0 Å². The molecule has 0 spiro atoms. The Labute approximate surface area is 136 Å². The molecule has 0 bridgehead atoms. The van der Waals surface area contributed by atoms with Crippen LogP contribution in [0.5, 0.6) is 0 Å². The van der Waals surface area contributed by atoms with Gasteiger partial charge in [0, 0.05) is 25.0 Å². The van der Waals surface area contributed by atoms with Crippen LogP contribution in [-0.4, -0.2) is 28.0 Å². The molecule has 0 saturated heterocycles. The molecule has 122 valence electrons. The van der Waals surface area contributed by atoms with E-state index in [4.69, 9.17) is 0 Å². The number of ketones is 1. The van der Waals surface area contributed by atoms with Crippen molar-refractivity contribution in [1.82, 2.24) is 9.78 Å². The first-order chi connectivity index (χ1) is 10.8. The van der Waals surface area contributed by atoms with E-state index >= 15 is 0 Å². The van der Waals surface area contributed by atoms with Crippen LogP contribution in [0.15, 0.2) is 18.2 Å². The first-order valence-corrected chi connectivity index (χ1v) is 7.71. The van der Waals surface area contributed by atoms with Gasteiger partial charge in [-0.25, -0.2) is 0 Å². The van der Waals surface area contributed by atoms with Gasteiger partial charge in [-0.2, -0.15) is 5.10 Å². The van der Waals surface area contributed by atoms with Gasteiger partial charge in [-0.1, -0.05) is 6.07 Å². The minimum atomic E-state index is -0.517. The Hall–Kier alpha value is -2.43. The summed E-state index contributed by atoms with van der Waals surface area (Å²) < 4.78 is 1.63. The van der Waals surface area contributed by atoms with E-state index in [1.54, 1.807) is 25.6 Å². The summed E-state index contributed by atoms with van der Waals surface area (Å²) in [7, 11) is 1.77. The number of aryl methyl sites for hydroxylation is 4. The third kappa shape index (κ3) is 3.18. The molecule has 1 heterocycles. The Balaban J connectivity index is 2.42. The number of likely N-dealkylation sites (N-methyl/N-ethyl adjacent to an activating group) is 1. The molecule has 5 heteroatoms. The molecule has 0 aliphatic heterocycles. The molecule has 0 fully saturated rings. The molecule has 1 aromatic heterocycles. The monoisotopic (exact) mass is 313 g/mol. The molecule has 0 atom stereocenters. The number of anilines is 1. The van der Waals surface area contributed by atoms with E-state index in [2.05, 4.69) is 5.10 Å². The molecule has 0 N–H and O–H groups in total. The van der Waals surface area contributed by atoms with E-state index in [-0.39, 0.29) is 0 Å². The highest BCUT2D eigenvalue weighted by atomic mass is 16.2. The molecule has 0 aliphatic rings. The average Bonchev–Trinajstić information content (AvgIpc) is 2.71. The Morgan fingerprint density at radius 1 is 1.09 bits per heavy atom. The summed E-state index contributed by atoms with van der Waals surface area (Å²) in [6.07, 6.45) is 0. The van der Waals surface area contributed by atoms with Gasteiger partial charge < -0.3 is 4.90 Å². The molecule has 2 aromatic rings. The number of benzene rings is 1. The molecule has 0 unspecified atom stereocenters. The summed E-state index contributed by atoms with van der Waals surface area (Å²) in [5.41, 5.74) is 4.57. The summed E-state index contributed by atoms with van der Waals surface area (Å²) in [4.78, 5) is 27.0. The number of hydrogen-bond acceptors (Lipinski definition) is 3. The molecule has 23 heavy (non-hydrogen) atoms. The fourth-order valence-electron chi connectivity index (χ4n) is 2.88. The first kappa shape index (κ1) is 16.9. The second-order valence-corrected chi connectivity index (χ2v) is 5.89. The van der Waals surface area contributed by atoms with Crippen molar-refractivity contribution >= 4 is 17.4 Å². The highest BCUT2D eigenvalue weighted by Crippen LogP contribution is 2.21. The van der Waals surface area contributed by atoms with Crippen LogP contribution in [0.3, 0.4) is 0 Å². The molecule has 0 radical (unpaired) electrons. The summed E-state index contributed by atoms with van der Waals surface area (Å²) >= 11 is 0. The second-order valence-electron chi connectivity index (χ2n) is 5.89. The third-order valence-corrected chi connectivity index (χ3v) is 4.01. The minimum absolute atomic E-state index is 0.403. The van der Waals surface area contributed by atoms with Gasteiger partial charge in [0.2, 0.25) is 0 Å². The molecule has 2 rings (SSSR count). The predicted molar refractivity (Wildman–Crippen MR) is 91.0 cm³/mol. The third-order valence-electron chi connectivity index (χ3n) is 4.01. The lowest BCUT2D eigenvalue weighted by atomic mass is 10.1. The summed E-state index contributed by atoms with van der Waals surface area (Å²) in [6.45, 7) is 9.81. The van der Waals surface area contributed by atoms with Crippen LogP contribution in [0.4, 0.5) is 5.69 Å². The Morgan fingerprint density at radius 2 is 1.65 bits per heavy atom. The normalized spacial score (nSPS) is 10.7. The maximum atomic E-state index is 12.8. The Bertz CT molecular complexity index is 755. The van der Waals surface area contributed by atoms with Crippen molar-refractivity contribution in [2.45, 2.75) is 34.6 Å². The molecule has 1 amide bonds.